The van der Waals surface area contributed by atoms with Crippen LogP contribution < -0.4 is 4.74 Å². The van der Waals surface area contributed by atoms with Gasteiger partial charge in [-0.2, -0.15) is 13.2 Å². The summed E-state index contributed by atoms with van der Waals surface area (Å²) in [7, 11) is -0.437. The van der Waals surface area contributed by atoms with Gasteiger partial charge < -0.3 is 4.74 Å². The molecular formula is C8H3Cl2F6NO3S. The topological polar surface area (TPSA) is 56.3 Å². The maximum Gasteiger partial charge on any atom is 0.573 e. The Morgan fingerprint density at radius 2 is 1.71 bits per heavy atom. The van der Waals surface area contributed by atoms with Crippen LogP contribution in [0.1, 0.15) is 11.3 Å². The number of nitrogens with zero attached hydrogens (tertiary/aromatic N) is 1. The smallest absolute Gasteiger partial charge is 0.403 e. The zero-order valence-electron chi connectivity index (χ0n) is 9.39. The summed E-state index contributed by atoms with van der Waals surface area (Å²) in [6.45, 7) is 0. The van der Waals surface area contributed by atoms with E-state index < -0.39 is 49.4 Å². The highest BCUT2D eigenvalue weighted by Crippen LogP contribution is 2.43. The van der Waals surface area contributed by atoms with E-state index in [2.05, 4.69) is 9.72 Å². The van der Waals surface area contributed by atoms with E-state index in [9.17, 15) is 34.8 Å². The van der Waals surface area contributed by atoms with Crippen molar-refractivity contribution in [1.29, 1.82) is 0 Å². The lowest BCUT2D eigenvalue weighted by atomic mass is 10.2. The summed E-state index contributed by atoms with van der Waals surface area (Å²) in [5.74, 6) is -2.60. The van der Waals surface area contributed by atoms with Crippen LogP contribution in [0.4, 0.5) is 26.3 Å². The molecule has 4 nitrogen and oxygen atoms in total. The maximum atomic E-state index is 12.9. The second-order valence-electron chi connectivity index (χ2n) is 3.39. The first-order chi connectivity index (χ1) is 9.27. The summed E-state index contributed by atoms with van der Waals surface area (Å²) in [6.07, 6.45) is -10.7. The van der Waals surface area contributed by atoms with Crippen LogP contribution in [0.25, 0.3) is 0 Å². The van der Waals surface area contributed by atoms with Crippen molar-refractivity contribution in [2.24, 2.45) is 0 Å². The number of alkyl halides is 7. The van der Waals surface area contributed by atoms with Crippen molar-refractivity contribution in [2.45, 2.75) is 23.3 Å². The van der Waals surface area contributed by atoms with E-state index in [4.69, 9.17) is 22.3 Å². The lowest BCUT2D eigenvalue weighted by Crippen LogP contribution is -2.22. The van der Waals surface area contributed by atoms with Crippen LogP contribution in [0, 0.1) is 0 Å². The summed E-state index contributed by atoms with van der Waals surface area (Å²) < 4.78 is 101. The zero-order valence-corrected chi connectivity index (χ0v) is 11.7. The first-order valence-electron chi connectivity index (χ1n) is 4.63. The molecule has 0 fully saturated rings. The van der Waals surface area contributed by atoms with Gasteiger partial charge in [-0.15, -0.1) is 24.8 Å². The van der Waals surface area contributed by atoms with E-state index in [-0.39, 0.29) is 6.20 Å². The fraction of sp³-hybridized carbons (Fsp3) is 0.375. The molecule has 0 aromatic carbocycles. The van der Waals surface area contributed by atoms with Gasteiger partial charge in [0.15, 0.2) is 5.75 Å². The second-order valence-corrected chi connectivity index (χ2v) is 6.16. The van der Waals surface area contributed by atoms with Crippen LogP contribution in [-0.4, -0.2) is 19.8 Å². The third kappa shape index (κ3) is 4.51. The molecule has 0 saturated carbocycles. The van der Waals surface area contributed by atoms with Crippen molar-refractivity contribution in [3.05, 3.63) is 17.5 Å². The minimum atomic E-state index is -5.44. The number of ether oxygens (including phenoxy) is 1. The molecule has 0 atom stereocenters. The summed E-state index contributed by atoms with van der Waals surface area (Å²) in [5, 5.41) is 0. The number of pyridine rings is 1. The molecule has 1 heterocycles. The molecule has 0 bridgehead atoms. The SMILES string of the molecule is O=S(=O)(Cl)c1c(OC(F)(F)F)cnc(CCl)c1C(F)(F)F. The Kier molecular flexibility index (Phi) is 4.91. The molecule has 0 radical (unpaired) electrons. The average molecular weight is 378 g/mol. The normalized spacial score (nSPS) is 13.3. The second kappa shape index (κ2) is 5.69. The molecule has 0 aliphatic carbocycles. The van der Waals surface area contributed by atoms with Crippen molar-refractivity contribution in [3.8, 4) is 5.75 Å². The molecule has 0 saturated heterocycles. The highest BCUT2D eigenvalue weighted by molar-refractivity contribution is 8.13. The molecule has 0 amide bonds. The summed E-state index contributed by atoms with van der Waals surface area (Å²) in [6, 6.07) is 0. The lowest BCUT2D eigenvalue weighted by Gasteiger charge is -2.18. The van der Waals surface area contributed by atoms with Gasteiger partial charge in [-0.25, -0.2) is 8.42 Å². The molecule has 1 rings (SSSR count). The summed E-state index contributed by atoms with van der Waals surface area (Å²) >= 11 is 5.18. The Hall–Kier alpha value is -0.940. The van der Waals surface area contributed by atoms with E-state index in [1.165, 1.54) is 0 Å². The first-order valence-corrected chi connectivity index (χ1v) is 7.47. The van der Waals surface area contributed by atoms with Crippen molar-refractivity contribution < 1.29 is 39.5 Å². The minimum absolute atomic E-state index is 0.149. The van der Waals surface area contributed by atoms with Gasteiger partial charge in [0.05, 0.1) is 17.8 Å². The Morgan fingerprint density at radius 3 is 2.05 bits per heavy atom. The van der Waals surface area contributed by atoms with Gasteiger partial charge in [0, 0.05) is 10.7 Å². The number of aromatic nitrogens is 1. The molecule has 21 heavy (non-hydrogen) atoms. The quantitative estimate of drug-likeness (QED) is 0.458. The monoisotopic (exact) mass is 377 g/mol. The van der Waals surface area contributed by atoms with Gasteiger partial charge in [0.2, 0.25) is 0 Å². The highest BCUT2D eigenvalue weighted by atomic mass is 35.7. The molecule has 120 valence electrons. The van der Waals surface area contributed by atoms with Crippen LogP contribution in [0.2, 0.25) is 0 Å². The van der Waals surface area contributed by atoms with Gasteiger partial charge in [0.1, 0.15) is 10.5 Å². The number of hydrogen-bond acceptors (Lipinski definition) is 4. The third-order valence-electron chi connectivity index (χ3n) is 1.96. The zero-order chi connectivity index (χ0) is 16.6. The van der Waals surface area contributed by atoms with Crippen LogP contribution in [0.5, 0.6) is 5.75 Å². The lowest BCUT2D eigenvalue weighted by molar-refractivity contribution is -0.276. The Labute approximate surface area is 123 Å². The Bertz CT molecular complexity index is 643. The third-order valence-corrected chi connectivity index (χ3v) is 3.57. The molecule has 1 aromatic heterocycles. The molecule has 0 spiro atoms. The van der Waals surface area contributed by atoms with Crippen LogP contribution in [0.15, 0.2) is 11.1 Å². The first kappa shape index (κ1) is 18.1. The molecule has 0 unspecified atom stereocenters. The molecule has 0 aliphatic rings. The van der Waals surface area contributed by atoms with E-state index in [0.29, 0.717) is 0 Å². The molecule has 13 heteroatoms. The van der Waals surface area contributed by atoms with Crippen LogP contribution in [-0.2, 0) is 21.1 Å². The van der Waals surface area contributed by atoms with Crippen LogP contribution in [0.3, 0.4) is 0 Å². The molecular weight excluding hydrogens is 375 g/mol. The predicted octanol–water partition coefficient (Wildman–Crippen LogP) is 3.67. The highest BCUT2D eigenvalue weighted by Gasteiger charge is 2.44. The van der Waals surface area contributed by atoms with Crippen molar-refractivity contribution in [2.75, 3.05) is 0 Å². The Balaban J connectivity index is 3.78. The summed E-state index contributed by atoms with van der Waals surface area (Å²) in [4.78, 5) is 1.13. The predicted molar refractivity (Wildman–Crippen MR) is 58.5 cm³/mol. The van der Waals surface area contributed by atoms with Crippen LogP contribution >= 0.6 is 22.3 Å². The number of halogens is 8. The van der Waals surface area contributed by atoms with E-state index in [1.807, 2.05) is 0 Å². The van der Waals surface area contributed by atoms with E-state index in [0.717, 1.165) is 0 Å². The van der Waals surface area contributed by atoms with Gasteiger partial charge >= 0.3 is 12.5 Å². The van der Waals surface area contributed by atoms with Crippen molar-refractivity contribution in [1.82, 2.24) is 4.98 Å². The standard InChI is InChI=1S/C8H3Cl2F6NO3S/c9-1-3-5(7(11,12)13)6(21(10,18)19)4(2-17-3)20-8(14,15)16/h2H,1H2. The van der Waals surface area contributed by atoms with Crippen molar-refractivity contribution >= 4 is 31.3 Å². The molecule has 0 aliphatic heterocycles. The van der Waals surface area contributed by atoms with E-state index in [1.54, 1.807) is 0 Å². The fourth-order valence-electron chi connectivity index (χ4n) is 1.35. The van der Waals surface area contributed by atoms with E-state index >= 15 is 0 Å². The van der Waals surface area contributed by atoms with Gasteiger partial charge in [-0.3, -0.25) is 4.98 Å². The van der Waals surface area contributed by atoms with Gasteiger partial charge in [-0.1, -0.05) is 0 Å². The Morgan fingerprint density at radius 1 is 1.19 bits per heavy atom. The van der Waals surface area contributed by atoms with Gasteiger partial charge in [-0.05, 0) is 0 Å². The fourth-order valence-corrected chi connectivity index (χ4v) is 2.82. The van der Waals surface area contributed by atoms with Gasteiger partial charge in [0.25, 0.3) is 9.05 Å². The van der Waals surface area contributed by atoms with Crippen molar-refractivity contribution in [3.63, 3.8) is 0 Å². The summed E-state index contributed by atoms with van der Waals surface area (Å²) in [5.41, 5.74) is -3.01. The maximum absolute atomic E-state index is 12.9. The largest absolute Gasteiger partial charge is 0.573 e. The molecule has 0 N–H and O–H groups in total. The average Bonchev–Trinajstić information content (AvgIpc) is 2.23. The number of hydrogen-bond donors (Lipinski definition) is 0. The number of rotatable bonds is 3. The minimum Gasteiger partial charge on any atom is -0.403 e. The molecule has 1 aromatic rings.